The summed E-state index contributed by atoms with van der Waals surface area (Å²) in [6.45, 7) is 2.97. The van der Waals surface area contributed by atoms with Crippen LogP contribution in [0, 0.1) is 0 Å². The SMILES string of the molecule is CC1CNC(=O)c2cc3c(cc21)CCCC3. The number of rotatable bonds is 0. The lowest BCUT2D eigenvalue weighted by atomic mass is 9.83. The number of carbonyl (C=O) groups is 1. The van der Waals surface area contributed by atoms with Crippen LogP contribution in [0.3, 0.4) is 0 Å². The van der Waals surface area contributed by atoms with E-state index in [1.165, 1.54) is 36.0 Å². The van der Waals surface area contributed by atoms with Gasteiger partial charge < -0.3 is 5.32 Å². The number of hydrogen-bond acceptors (Lipinski definition) is 1. The number of aryl methyl sites for hydroxylation is 2. The lowest BCUT2D eigenvalue weighted by molar-refractivity contribution is 0.0941. The first-order valence-corrected chi connectivity index (χ1v) is 6.19. The molecule has 1 aromatic rings. The zero-order valence-corrected chi connectivity index (χ0v) is 9.68. The minimum atomic E-state index is 0.112. The van der Waals surface area contributed by atoms with Gasteiger partial charge in [0, 0.05) is 12.1 Å². The average molecular weight is 215 g/mol. The van der Waals surface area contributed by atoms with Gasteiger partial charge in [-0.3, -0.25) is 4.79 Å². The van der Waals surface area contributed by atoms with Gasteiger partial charge in [0.2, 0.25) is 0 Å². The lowest BCUT2D eigenvalue weighted by Gasteiger charge is -2.26. The normalized spacial score (nSPS) is 23.3. The van der Waals surface area contributed by atoms with Crippen molar-refractivity contribution in [1.82, 2.24) is 5.32 Å². The first kappa shape index (κ1) is 9.88. The zero-order valence-electron chi connectivity index (χ0n) is 9.68. The highest BCUT2D eigenvalue weighted by atomic mass is 16.1. The summed E-state index contributed by atoms with van der Waals surface area (Å²) < 4.78 is 0. The molecule has 0 bridgehead atoms. The second-order valence-corrected chi connectivity index (χ2v) is 5.03. The molecule has 0 spiro atoms. The Morgan fingerprint density at radius 2 is 1.88 bits per heavy atom. The van der Waals surface area contributed by atoms with Crippen molar-refractivity contribution >= 4 is 5.91 Å². The molecule has 0 fully saturated rings. The van der Waals surface area contributed by atoms with Crippen LogP contribution in [-0.4, -0.2) is 12.5 Å². The summed E-state index contributed by atoms with van der Waals surface area (Å²) in [4.78, 5) is 11.8. The third-order valence-corrected chi connectivity index (χ3v) is 3.86. The minimum Gasteiger partial charge on any atom is -0.351 e. The summed E-state index contributed by atoms with van der Waals surface area (Å²) >= 11 is 0. The van der Waals surface area contributed by atoms with Crippen molar-refractivity contribution in [3.63, 3.8) is 0 Å². The molecule has 1 aliphatic heterocycles. The molecule has 0 aromatic heterocycles. The van der Waals surface area contributed by atoms with Gasteiger partial charge in [0.15, 0.2) is 0 Å². The molecule has 1 heterocycles. The van der Waals surface area contributed by atoms with Crippen LogP contribution in [0.4, 0.5) is 0 Å². The number of amides is 1. The molecule has 1 atom stereocenters. The van der Waals surface area contributed by atoms with E-state index < -0.39 is 0 Å². The van der Waals surface area contributed by atoms with Crippen molar-refractivity contribution in [2.45, 2.75) is 38.5 Å². The topological polar surface area (TPSA) is 29.1 Å². The fourth-order valence-corrected chi connectivity index (χ4v) is 2.86. The average Bonchev–Trinajstić information content (AvgIpc) is 2.32. The first-order valence-electron chi connectivity index (χ1n) is 6.19. The molecule has 2 heteroatoms. The maximum Gasteiger partial charge on any atom is 0.251 e. The third-order valence-electron chi connectivity index (χ3n) is 3.86. The molecule has 3 rings (SSSR count). The Bertz CT molecular complexity index is 450. The predicted molar refractivity (Wildman–Crippen MR) is 63.8 cm³/mol. The molecule has 2 aliphatic rings. The molecular formula is C14H17NO. The fraction of sp³-hybridized carbons (Fsp3) is 0.500. The van der Waals surface area contributed by atoms with Crippen molar-refractivity contribution in [3.8, 4) is 0 Å². The van der Waals surface area contributed by atoms with Gasteiger partial charge in [-0.25, -0.2) is 0 Å². The van der Waals surface area contributed by atoms with Crippen molar-refractivity contribution in [2.24, 2.45) is 0 Å². The number of nitrogens with one attached hydrogen (secondary N) is 1. The number of benzene rings is 1. The van der Waals surface area contributed by atoms with Crippen molar-refractivity contribution < 1.29 is 4.79 Å². The van der Waals surface area contributed by atoms with E-state index in [4.69, 9.17) is 0 Å². The van der Waals surface area contributed by atoms with Crippen molar-refractivity contribution in [3.05, 3.63) is 34.4 Å². The van der Waals surface area contributed by atoms with Gasteiger partial charge in [-0.05, 0) is 54.4 Å². The largest absolute Gasteiger partial charge is 0.351 e. The summed E-state index contributed by atoms with van der Waals surface area (Å²) in [5.41, 5.74) is 5.05. The van der Waals surface area contributed by atoms with Crippen LogP contribution in [0.15, 0.2) is 12.1 Å². The van der Waals surface area contributed by atoms with Gasteiger partial charge in [0.1, 0.15) is 0 Å². The second kappa shape index (κ2) is 3.62. The van der Waals surface area contributed by atoms with Crippen LogP contribution >= 0.6 is 0 Å². The van der Waals surface area contributed by atoms with Gasteiger partial charge in [0.05, 0.1) is 0 Å². The van der Waals surface area contributed by atoms with Crippen LogP contribution in [0.2, 0.25) is 0 Å². The Morgan fingerprint density at radius 1 is 1.19 bits per heavy atom. The van der Waals surface area contributed by atoms with E-state index in [0.717, 1.165) is 18.5 Å². The molecule has 1 aromatic carbocycles. The van der Waals surface area contributed by atoms with E-state index in [-0.39, 0.29) is 5.91 Å². The Balaban J connectivity index is 2.15. The Morgan fingerprint density at radius 3 is 2.62 bits per heavy atom. The monoisotopic (exact) mass is 215 g/mol. The van der Waals surface area contributed by atoms with Crippen LogP contribution in [-0.2, 0) is 12.8 Å². The summed E-state index contributed by atoms with van der Waals surface area (Å²) in [5, 5.41) is 2.96. The molecule has 84 valence electrons. The van der Waals surface area contributed by atoms with Gasteiger partial charge in [0.25, 0.3) is 5.91 Å². The smallest absolute Gasteiger partial charge is 0.251 e. The van der Waals surface area contributed by atoms with E-state index in [9.17, 15) is 4.79 Å². The molecule has 1 unspecified atom stereocenters. The number of hydrogen-bond donors (Lipinski definition) is 1. The van der Waals surface area contributed by atoms with Gasteiger partial charge >= 0.3 is 0 Å². The number of carbonyl (C=O) groups excluding carboxylic acids is 1. The highest BCUT2D eigenvalue weighted by Crippen LogP contribution is 2.30. The standard InChI is InChI=1S/C14H17NO/c1-9-8-15-14(16)13-7-11-5-3-2-4-10(11)6-12(9)13/h6-7,9H,2-5,8H2,1H3,(H,15,16). The van der Waals surface area contributed by atoms with E-state index in [1.807, 2.05) is 0 Å². The van der Waals surface area contributed by atoms with Gasteiger partial charge in [-0.1, -0.05) is 13.0 Å². The molecule has 0 radical (unpaired) electrons. The molecule has 1 aliphatic carbocycles. The van der Waals surface area contributed by atoms with Crippen molar-refractivity contribution in [1.29, 1.82) is 0 Å². The maximum atomic E-state index is 11.8. The summed E-state index contributed by atoms with van der Waals surface area (Å²) in [6, 6.07) is 4.42. The third kappa shape index (κ3) is 1.44. The first-order chi connectivity index (χ1) is 7.75. The molecule has 1 amide bonds. The summed E-state index contributed by atoms with van der Waals surface area (Å²) in [7, 11) is 0. The van der Waals surface area contributed by atoms with Crippen molar-refractivity contribution in [2.75, 3.05) is 6.54 Å². The molecule has 0 saturated carbocycles. The van der Waals surface area contributed by atoms with E-state index in [2.05, 4.69) is 24.4 Å². The quantitative estimate of drug-likeness (QED) is 0.707. The van der Waals surface area contributed by atoms with E-state index in [1.54, 1.807) is 0 Å². The van der Waals surface area contributed by atoms with Crippen LogP contribution in [0.5, 0.6) is 0 Å². The van der Waals surface area contributed by atoms with E-state index in [0.29, 0.717) is 5.92 Å². The molecule has 0 saturated heterocycles. The highest BCUT2D eigenvalue weighted by Gasteiger charge is 2.24. The Kier molecular flexibility index (Phi) is 2.23. The fourth-order valence-electron chi connectivity index (χ4n) is 2.86. The highest BCUT2D eigenvalue weighted by molar-refractivity contribution is 5.97. The number of fused-ring (bicyclic) bond motifs is 2. The predicted octanol–water partition coefficient (Wildman–Crippen LogP) is 2.41. The molecular weight excluding hydrogens is 198 g/mol. The molecule has 16 heavy (non-hydrogen) atoms. The Labute approximate surface area is 96.1 Å². The second-order valence-electron chi connectivity index (χ2n) is 5.03. The lowest BCUT2D eigenvalue weighted by Crippen LogP contribution is -2.34. The van der Waals surface area contributed by atoms with Crippen LogP contribution < -0.4 is 5.32 Å². The zero-order chi connectivity index (χ0) is 11.1. The maximum absolute atomic E-state index is 11.8. The van der Waals surface area contributed by atoms with Crippen LogP contribution in [0.25, 0.3) is 0 Å². The van der Waals surface area contributed by atoms with Crippen LogP contribution in [0.1, 0.15) is 52.7 Å². The Hall–Kier alpha value is -1.31. The minimum absolute atomic E-state index is 0.112. The summed E-state index contributed by atoms with van der Waals surface area (Å²) in [6.07, 6.45) is 4.90. The molecule has 1 N–H and O–H groups in total. The summed E-state index contributed by atoms with van der Waals surface area (Å²) in [5.74, 6) is 0.571. The van der Waals surface area contributed by atoms with E-state index >= 15 is 0 Å². The van der Waals surface area contributed by atoms with Gasteiger partial charge in [-0.15, -0.1) is 0 Å². The molecule has 2 nitrogen and oxygen atoms in total. The van der Waals surface area contributed by atoms with Gasteiger partial charge in [-0.2, -0.15) is 0 Å².